The molecule has 1 unspecified atom stereocenters. The highest BCUT2D eigenvalue weighted by atomic mass is 16.5. The van der Waals surface area contributed by atoms with E-state index in [1.54, 1.807) is 18.3 Å². The van der Waals surface area contributed by atoms with E-state index in [0.29, 0.717) is 37.6 Å². The highest BCUT2D eigenvalue weighted by molar-refractivity contribution is 6.00. The van der Waals surface area contributed by atoms with Gasteiger partial charge < -0.3 is 23.9 Å². The summed E-state index contributed by atoms with van der Waals surface area (Å²) in [5, 5.41) is 3.25. The Labute approximate surface area is 177 Å². The summed E-state index contributed by atoms with van der Waals surface area (Å²) < 4.78 is 12.7. The molecule has 1 aliphatic carbocycles. The number of hydrogen-bond acceptors (Lipinski definition) is 4. The predicted octanol–water partition coefficient (Wildman–Crippen LogP) is 3.45. The highest BCUT2D eigenvalue weighted by Crippen LogP contribution is 2.33. The smallest absolute Gasteiger partial charge is 0.271 e. The molecule has 0 spiro atoms. The average molecular weight is 414 g/mol. The topological polar surface area (TPSA) is 76.7 Å². The van der Waals surface area contributed by atoms with Gasteiger partial charge in [0.25, 0.3) is 5.91 Å². The van der Waals surface area contributed by atoms with E-state index in [2.05, 4.69) is 5.32 Å². The Hall–Kier alpha value is -2.54. The summed E-state index contributed by atoms with van der Waals surface area (Å²) >= 11 is 0. The van der Waals surface area contributed by atoms with Crippen molar-refractivity contribution in [1.29, 1.82) is 0 Å². The number of carbonyl (C=O) groups is 2. The first-order valence-electron chi connectivity index (χ1n) is 10.9. The lowest BCUT2D eigenvalue weighted by Crippen LogP contribution is -2.65. The molecule has 30 heavy (non-hydrogen) atoms. The molecule has 7 heteroatoms. The van der Waals surface area contributed by atoms with Crippen molar-refractivity contribution in [3.63, 3.8) is 0 Å². The maximum Gasteiger partial charge on any atom is 0.271 e. The van der Waals surface area contributed by atoms with Crippen LogP contribution in [0.5, 0.6) is 0 Å². The molecule has 0 aromatic carbocycles. The van der Waals surface area contributed by atoms with Crippen LogP contribution in [0, 0.1) is 0 Å². The van der Waals surface area contributed by atoms with E-state index in [9.17, 15) is 9.59 Å². The summed E-state index contributed by atoms with van der Waals surface area (Å²) in [6.07, 6.45) is 7.82. The average Bonchev–Trinajstić information content (AvgIpc) is 3.41. The Balaban J connectivity index is 1.66. The van der Waals surface area contributed by atoms with Crippen molar-refractivity contribution in [2.24, 2.45) is 0 Å². The molecule has 0 saturated heterocycles. The highest BCUT2D eigenvalue weighted by Gasteiger charge is 2.48. The van der Waals surface area contributed by atoms with Gasteiger partial charge in [-0.25, -0.2) is 0 Å². The minimum absolute atomic E-state index is 0.0788. The number of aromatic nitrogens is 1. The first kappa shape index (κ1) is 20.7. The number of rotatable bonds is 7. The van der Waals surface area contributed by atoms with Gasteiger partial charge in [0.15, 0.2) is 0 Å². The molecule has 2 amide bonds. The fourth-order valence-electron chi connectivity index (χ4n) is 4.72. The van der Waals surface area contributed by atoms with Crippen molar-refractivity contribution in [3.05, 3.63) is 36.2 Å². The Morgan fingerprint density at radius 1 is 1.23 bits per heavy atom. The molecular formula is C23H31N3O4. The third-order valence-corrected chi connectivity index (χ3v) is 6.44. The van der Waals surface area contributed by atoms with E-state index in [1.807, 2.05) is 35.8 Å². The Morgan fingerprint density at radius 3 is 2.70 bits per heavy atom. The zero-order valence-corrected chi connectivity index (χ0v) is 17.9. The van der Waals surface area contributed by atoms with Crippen LogP contribution < -0.4 is 5.32 Å². The minimum Gasteiger partial charge on any atom is -0.463 e. The largest absolute Gasteiger partial charge is 0.463 e. The van der Waals surface area contributed by atoms with Crippen LogP contribution in [0.15, 0.2) is 34.9 Å². The van der Waals surface area contributed by atoms with Gasteiger partial charge in [0.1, 0.15) is 17.0 Å². The molecule has 1 saturated carbocycles. The number of furan rings is 1. The Bertz CT molecular complexity index is 882. The van der Waals surface area contributed by atoms with Crippen LogP contribution in [-0.4, -0.2) is 53.1 Å². The van der Waals surface area contributed by atoms with Crippen molar-refractivity contribution < 1.29 is 18.7 Å². The minimum atomic E-state index is -0.977. The van der Waals surface area contributed by atoms with E-state index < -0.39 is 5.54 Å². The molecule has 1 aliphatic heterocycles. The van der Waals surface area contributed by atoms with E-state index in [-0.39, 0.29) is 17.9 Å². The fraction of sp³-hybridized carbons (Fsp3) is 0.565. The molecule has 0 radical (unpaired) electrons. The van der Waals surface area contributed by atoms with Gasteiger partial charge in [0.05, 0.1) is 18.5 Å². The number of carbonyl (C=O) groups excluding carboxylic acids is 2. The number of methoxy groups -OCH3 is 1. The van der Waals surface area contributed by atoms with Gasteiger partial charge >= 0.3 is 0 Å². The van der Waals surface area contributed by atoms with E-state index in [4.69, 9.17) is 9.15 Å². The molecule has 3 heterocycles. The zero-order valence-electron chi connectivity index (χ0n) is 17.9. The van der Waals surface area contributed by atoms with Gasteiger partial charge in [-0.05, 0) is 50.5 Å². The molecule has 0 bridgehead atoms. The molecule has 2 aromatic rings. The molecule has 1 atom stereocenters. The second kappa shape index (κ2) is 8.68. The maximum absolute atomic E-state index is 13.5. The second-order valence-electron chi connectivity index (χ2n) is 8.55. The third-order valence-electron chi connectivity index (χ3n) is 6.44. The summed E-state index contributed by atoms with van der Waals surface area (Å²) in [7, 11) is 1.65. The third kappa shape index (κ3) is 3.78. The predicted molar refractivity (Wildman–Crippen MR) is 113 cm³/mol. The number of nitrogens with one attached hydrogen (secondary N) is 1. The number of fused-ring (bicyclic) bond motifs is 1. The zero-order chi connectivity index (χ0) is 21.1. The Kier molecular flexibility index (Phi) is 5.99. The van der Waals surface area contributed by atoms with Gasteiger partial charge in [0, 0.05) is 26.3 Å². The van der Waals surface area contributed by atoms with Crippen molar-refractivity contribution >= 4 is 11.8 Å². The van der Waals surface area contributed by atoms with Crippen LogP contribution in [0.4, 0.5) is 0 Å². The van der Waals surface area contributed by atoms with Gasteiger partial charge in [-0.1, -0.05) is 19.3 Å². The van der Waals surface area contributed by atoms with Crippen LogP contribution >= 0.6 is 0 Å². The first-order valence-corrected chi connectivity index (χ1v) is 10.9. The molecule has 4 rings (SSSR count). The lowest BCUT2D eigenvalue weighted by molar-refractivity contribution is -0.134. The summed E-state index contributed by atoms with van der Waals surface area (Å²) in [6, 6.07) is 7.60. The number of hydrogen-bond donors (Lipinski definition) is 1. The van der Waals surface area contributed by atoms with Gasteiger partial charge in [-0.15, -0.1) is 0 Å². The molecule has 2 aromatic heterocycles. The van der Waals surface area contributed by atoms with Crippen LogP contribution in [0.1, 0.15) is 55.9 Å². The van der Waals surface area contributed by atoms with E-state index in [0.717, 1.165) is 31.4 Å². The monoisotopic (exact) mass is 413 g/mol. The normalized spacial score (nSPS) is 22.2. The van der Waals surface area contributed by atoms with Crippen LogP contribution in [0.25, 0.3) is 11.5 Å². The summed E-state index contributed by atoms with van der Waals surface area (Å²) in [5.74, 6) is 0.485. The van der Waals surface area contributed by atoms with Crippen molar-refractivity contribution in [3.8, 4) is 11.5 Å². The standard InChI is InChI=1S/C23H31N3O4/c1-23(22(28)24-17-8-4-3-5-9-17)16-25-18(20-10-6-15-30-20)11-12-19(25)21(27)26(23)13-7-14-29-2/h6,10-12,15,17H,3-5,7-9,13-14,16H2,1-2H3,(H,24,28). The Morgan fingerprint density at radius 2 is 2.00 bits per heavy atom. The molecule has 1 fully saturated rings. The maximum atomic E-state index is 13.5. The molecule has 2 aliphatic rings. The summed E-state index contributed by atoms with van der Waals surface area (Å²) in [6.45, 7) is 3.29. The molecule has 1 N–H and O–H groups in total. The SMILES string of the molecule is COCCCN1C(=O)c2ccc(-c3ccco3)n2CC1(C)C(=O)NC1CCCCC1. The lowest BCUT2D eigenvalue weighted by Gasteiger charge is -2.45. The van der Waals surface area contributed by atoms with E-state index in [1.165, 1.54) is 6.42 Å². The number of nitrogens with zero attached hydrogens (tertiary/aromatic N) is 2. The van der Waals surface area contributed by atoms with Crippen LogP contribution in [0.2, 0.25) is 0 Å². The van der Waals surface area contributed by atoms with E-state index >= 15 is 0 Å². The van der Waals surface area contributed by atoms with Gasteiger partial charge in [-0.3, -0.25) is 9.59 Å². The van der Waals surface area contributed by atoms with Gasteiger partial charge in [-0.2, -0.15) is 0 Å². The van der Waals surface area contributed by atoms with Crippen LogP contribution in [0.3, 0.4) is 0 Å². The molecule has 162 valence electrons. The quantitative estimate of drug-likeness (QED) is 0.706. The fourth-order valence-corrected chi connectivity index (χ4v) is 4.72. The molecular weight excluding hydrogens is 382 g/mol. The number of amides is 2. The van der Waals surface area contributed by atoms with Crippen LogP contribution in [-0.2, 0) is 16.1 Å². The second-order valence-corrected chi connectivity index (χ2v) is 8.55. The summed E-state index contributed by atoms with van der Waals surface area (Å²) in [5.41, 5.74) is 0.425. The molecule has 7 nitrogen and oxygen atoms in total. The van der Waals surface area contributed by atoms with Crippen molar-refractivity contribution in [2.75, 3.05) is 20.3 Å². The summed E-state index contributed by atoms with van der Waals surface area (Å²) in [4.78, 5) is 28.7. The van der Waals surface area contributed by atoms with Crippen molar-refractivity contribution in [2.45, 2.75) is 63.6 Å². The van der Waals surface area contributed by atoms with Crippen molar-refractivity contribution in [1.82, 2.24) is 14.8 Å². The lowest BCUT2D eigenvalue weighted by atomic mass is 9.91. The van der Waals surface area contributed by atoms with Gasteiger partial charge in [0.2, 0.25) is 5.91 Å². The first-order chi connectivity index (χ1) is 14.5. The number of ether oxygens (including phenoxy) is 1.